The number of thioether (sulfide) groups is 1. The van der Waals surface area contributed by atoms with E-state index in [1.54, 1.807) is 0 Å². The van der Waals surface area contributed by atoms with Crippen LogP contribution in [0, 0.1) is 13.8 Å². The smallest absolute Gasteiger partial charge is 0.264 e. The Morgan fingerprint density at radius 3 is 2.62 bits per heavy atom. The molecule has 2 aromatic carbocycles. The van der Waals surface area contributed by atoms with E-state index in [9.17, 15) is 4.79 Å². The van der Waals surface area contributed by atoms with Crippen molar-refractivity contribution in [2.24, 2.45) is 4.99 Å². The number of nitrogens with one attached hydrogen (secondary N) is 1. The van der Waals surface area contributed by atoms with Gasteiger partial charge in [0.15, 0.2) is 5.17 Å². The lowest BCUT2D eigenvalue weighted by Gasteiger charge is -2.09. The highest BCUT2D eigenvalue weighted by atomic mass is 79.9. The Balaban J connectivity index is 1.64. The van der Waals surface area contributed by atoms with E-state index in [1.165, 1.54) is 11.8 Å². The van der Waals surface area contributed by atoms with Crippen LogP contribution in [0.15, 0.2) is 69.0 Å². The Labute approximate surface area is 186 Å². The minimum Gasteiger partial charge on any atom is -0.318 e. The molecule has 1 aliphatic rings. The molecule has 1 N–H and O–H groups in total. The molecule has 4 nitrogen and oxygen atoms in total. The first-order valence-corrected chi connectivity index (χ1v) is 10.9. The highest BCUT2D eigenvalue weighted by Gasteiger charge is 2.24. The second-order valence-electron chi connectivity index (χ2n) is 6.60. The molecule has 1 aliphatic heterocycles. The van der Waals surface area contributed by atoms with Gasteiger partial charge in [-0.2, -0.15) is 0 Å². The van der Waals surface area contributed by atoms with Crippen molar-refractivity contribution < 1.29 is 4.79 Å². The Kier molecular flexibility index (Phi) is 5.67. The van der Waals surface area contributed by atoms with E-state index in [0.717, 1.165) is 32.8 Å². The van der Waals surface area contributed by atoms with Gasteiger partial charge in [0.2, 0.25) is 0 Å². The largest absolute Gasteiger partial charge is 0.318 e. The number of aliphatic imine (C=N–C) groups is 1. The molecule has 1 fully saturated rings. The molecule has 1 saturated heterocycles. The lowest BCUT2D eigenvalue weighted by molar-refractivity contribution is -0.115. The second-order valence-corrected chi connectivity index (χ2v) is 8.98. The molecule has 0 unspecified atom stereocenters. The average molecular weight is 487 g/mol. The average Bonchev–Trinajstić information content (AvgIpc) is 3.16. The fourth-order valence-corrected chi connectivity index (χ4v) is 4.48. The monoisotopic (exact) mass is 485 g/mol. The van der Waals surface area contributed by atoms with Crippen LogP contribution in [0.25, 0.3) is 11.8 Å². The number of aromatic nitrogens is 1. The van der Waals surface area contributed by atoms with E-state index >= 15 is 0 Å². The zero-order valence-electron chi connectivity index (χ0n) is 15.7. The summed E-state index contributed by atoms with van der Waals surface area (Å²) in [6.07, 6.45) is 1.91. The van der Waals surface area contributed by atoms with E-state index in [4.69, 9.17) is 11.6 Å². The van der Waals surface area contributed by atoms with Crippen molar-refractivity contribution in [1.82, 2.24) is 9.88 Å². The van der Waals surface area contributed by atoms with Crippen molar-refractivity contribution in [2.45, 2.75) is 13.8 Å². The van der Waals surface area contributed by atoms with Crippen LogP contribution in [-0.2, 0) is 4.79 Å². The fraction of sp³-hybridized carbons (Fsp3) is 0.0909. The summed E-state index contributed by atoms with van der Waals surface area (Å²) in [6, 6.07) is 17.4. The van der Waals surface area contributed by atoms with Crippen LogP contribution >= 0.6 is 39.3 Å². The third kappa shape index (κ3) is 4.34. The van der Waals surface area contributed by atoms with E-state index in [1.807, 2.05) is 68.5 Å². The van der Waals surface area contributed by atoms with Crippen LogP contribution in [-0.4, -0.2) is 15.6 Å². The van der Waals surface area contributed by atoms with Gasteiger partial charge >= 0.3 is 0 Å². The van der Waals surface area contributed by atoms with Crippen molar-refractivity contribution in [3.63, 3.8) is 0 Å². The van der Waals surface area contributed by atoms with Gasteiger partial charge in [-0.25, -0.2) is 4.99 Å². The molecule has 0 spiro atoms. The number of hydrogen-bond donors (Lipinski definition) is 1. The van der Waals surface area contributed by atoms with Gasteiger partial charge in [0.25, 0.3) is 5.91 Å². The number of rotatable bonds is 3. The fourth-order valence-electron chi connectivity index (χ4n) is 3.20. The molecule has 4 rings (SSSR count). The van der Waals surface area contributed by atoms with E-state index in [0.29, 0.717) is 15.1 Å². The molecule has 0 radical (unpaired) electrons. The lowest BCUT2D eigenvalue weighted by Crippen LogP contribution is -2.19. The van der Waals surface area contributed by atoms with Crippen LogP contribution < -0.4 is 5.32 Å². The van der Waals surface area contributed by atoms with E-state index in [2.05, 4.69) is 36.9 Å². The number of aryl methyl sites for hydroxylation is 1. The van der Waals surface area contributed by atoms with E-state index < -0.39 is 0 Å². The third-order valence-corrected chi connectivity index (χ3v) is 6.21. The van der Waals surface area contributed by atoms with Gasteiger partial charge in [0.1, 0.15) is 0 Å². The number of benzene rings is 2. The predicted octanol–water partition coefficient (Wildman–Crippen LogP) is 6.40. The number of carbonyl (C=O) groups excluding carboxylic acids is 1. The van der Waals surface area contributed by atoms with Crippen molar-refractivity contribution >= 4 is 62.1 Å². The Hall–Kier alpha value is -2.28. The number of amides is 1. The molecule has 0 atom stereocenters. The third-order valence-electron chi connectivity index (χ3n) is 4.53. The molecular formula is C22H17BrClN3OS. The van der Waals surface area contributed by atoms with Gasteiger partial charge in [0, 0.05) is 26.6 Å². The van der Waals surface area contributed by atoms with Crippen LogP contribution in [0.4, 0.5) is 5.69 Å². The summed E-state index contributed by atoms with van der Waals surface area (Å²) in [6.45, 7) is 4.08. The molecule has 2 heterocycles. The van der Waals surface area contributed by atoms with Gasteiger partial charge in [-0.15, -0.1) is 0 Å². The van der Waals surface area contributed by atoms with Crippen LogP contribution in [0.5, 0.6) is 0 Å². The molecular weight excluding hydrogens is 470 g/mol. The second kappa shape index (κ2) is 8.22. The molecule has 146 valence electrons. The molecule has 29 heavy (non-hydrogen) atoms. The van der Waals surface area contributed by atoms with Gasteiger partial charge in [-0.05, 0) is 85.8 Å². The summed E-state index contributed by atoms with van der Waals surface area (Å²) in [7, 11) is 0. The molecule has 1 amide bonds. The molecule has 1 aromatic heterocycles. The molecule has 7 heteroatoms. The Morgan fingerprint density at radius 1 is 1.14 bits per heavy atom. The Bertz CT molecular complexity index is 1170. The summed E-state index contributed by atoms with van der Waals surface area (Å²) in [5.74, 6) is -0.140. The van der Waals surface area contributed by atoms with Crippen molar-refractivity contribution in [1.29, 1.82) is 0 Å². The highest BCUT2D eigenvalue weighted by molar-refractivity contribution is 9.10. The zero-order valence-corrected chi connectivity index (χ0v) is 18.9. The van der Waals surface area contributed by atoms with Crippen molar-refractivity contribution in [3.05, 3.63) is 85.9 Å². The maximum atomic E-state index is 12.4. The van der Waals surface area contributed by atoms with Crippen LogP contribution in [0.2, 0.25) is 5.02 Å². The van der Waals surface area contributed by atoms with Gasteiger partial charge in [-0.1, -0.05) is 33.6 Å². The number of nitrogens with zero attached hydrogens (tertiary/aromatic N) is 2. The SMILES string of the molecule is Cc1cc(/C=C2\SC(=Nc3ccc(Br)cc3)NC2=O)c(C)n1-c1cccc(Cl)c1. The zero-order chi connectivity index (χ0) is 20.5. The molecule has 0 aliphatic carbocycles. The summed E-state index contributed by atoms with van der Waals surface area (Å²) in [5, 5.41) is 4.10. The lowest BCUT2D eigenvalue weighted by atomic mass is 10.2. The first kappa shape index (κ1) is 20.0. The number of hydrogen-bond acceptors (Lipinski definition) is 3. The van der Waals surface area contributed by atoms with E-state index in [-0.39, 0.29) is 5.91 Å². The minimum absolute atomic E-state index is 0.140. The molecule has 3 aromatic rings. The first-order chi connectivity index (χ1) is 13.9. The first-order valence-electron chi connectivity index (χ1n) is 8.91. The molecule has 0 saturated carbocycles. The minimum atomic E-state index is -0.140. The number of amidine groups is 1. The summed E-state index contributed by atoms with van der Waals surface area (Å²) in [4.78, 5) is 17.6. The van der Waals surface area contributed by atoms with Gasteiger partial charge in [-0.3, -0.25) is 4.79 Å². The predicted molar refractivity (Wildman–Crippen MR) is 125 cm³/mol. The maximum Gasteiger partial charge on any atom is 0.264 e. The van der Waals surface area contributed by atoms with Crippen LogP contribution in [0.3, 0.4) is 0 Å². The summed E-state index contributed by atoms with van der Waals surface area (Å²) in [5.41, 5.74) is 4.90. The number of carbonyl (C=O) groups is 1. The highest BCUT2D eigenvalue weighted by Crippen LogP contribution is 2.31. The quantitative estimate of drug-likeness (QED) is 0.435. The standard InChI is InChI=1S/C22H17BrClN3OS/c1-13-10-15(14(2)27(13)19-5-3-4-17(24)12-19)11-20-21(28)26-22(29-20)25-18-8-6-16(23)7-9-18/h3-12H,1-2H3,(H,25,26,28)/b20-11-. The Morgan fingerprint density at radius 2 is 1.90 bits per heavy atom. The van der Waals surface area contributed by atoms with Gasteiger partial charge in [0.05, 0.1) is 10.6 Å². The topological polar surface area (TPSA) is 46.4 Å². The maximum absolute atomic E-state index is 12.4. The van der Waals surface area contributed by atoms with Crippen molar-refractivity contribution in [3.8, 4) is 5.69 Å². The summed E-state index contributed by atoms with van der Waals surface area (Å²) < 4.78 is 3.12. The normalized spacial score (nSPS) is 16.6. The number of halogens is 2. The summed E-state index contributed by atoms with van der Waals surface area (Å²) >= 11 is 10.9. The van der Waals surface area contributed by atoms with Crippen LogP contribution in [0.1, 0.15) is 17.0 Å². The molecule has 0 bridgehead atoms. The van der Waals surface area contributed by atoms with Crippen molar-refractivity contribution in [2.75, 3.05) is 0 Å². The van der Waals surface area contributed by atoms with Gasteiger partial charge < -0.3 is 9.88 Å².